The number of rotatable bonds is 0. The normalized spacial score (nSPS) is 0. The summed E-state index contributed by atoms with van der Waals surface area (Å²) in [4.78, 5) is 0. The number of halogens is 7. The Morgan fingerprint density at radius 1 is 0.400 bits per heavy atom. The van der Waals surface area contributed by atoms with Gasteiger partial charge < -0.3 is 86.8 Å². The molecule has 10 heteroatoms. The van der Waals surface area contributed by atoms with E-state index in [1.165, 1.54) is 0 Å². The number of hydrogen-bond acceptors (Lipinski definition) is 0. The quantitative estimate of drug-likeness (QED) is 0.336. The minimum absolute atomic E-state index is 0. The van der Waals surface area contributed by atoms with Crippen molar-refractivity contribution in [1.82, 2.24) is 0 Å². The van der Waals surface area contributed by atoms with E-state index in [4.69, 9.17) is 0 Å². The van der Waals surface area contributed by atoms with Crippen molar-refractivity contribution in [2.75, 3.05) is 0 Å². The Morgan fingerprint density at radius 2 is 0.400 bits per heavy atom. The van der Waals surface area contributed by atoms with Gasteiger partial charge in [-0.2, -0.15) is 0 Å². The molecule has 0 amide bonds. The van der Waals surface area contributed by atoms with E-state index >= 15 is 0 Å². The molecule has 0 aromatic rings. The van der Waals surface area contributed by atoms with E-state index < -0.39 is 0 Å². The first-order valence-corrected chi connectivity index (χ1v) is 0. The standard InChI is InChI=1S/7ClH.Cr.Cu.Zn/h7*1H;;;/q;;;;;;;+3;2*+2/p-7. The fraction of sp³-hybridized carbons (Fsp3) is 0. The Morgan fingerprint density at radius 3 is 0.400 bits per heavy atom. The third-order valence-electron chi connectivity index (χ3n) is 0. The average Bonchev–Trinajstić information content (AvgIpc) is 0. The molecule has 0 aliphatic carbocycles. The Labute approximate surface area is 139 Å². The van der Waals surface area contributed by atoms with Crippen LogP contribution in [0.4, 0.5) is 0 Å². The molecular formula is Cl7CrCuZn. The summed E-state index contributed by atoms with van der Waals surface area (Å²) in [6, 6.07) is 0. The van der Waals surface area contributed by atoms with Gasteiger partial charge in [-0.3, -0.25) is 0 Å². The van der Waals surface area contributed by atoms with Gasteiger partial charge in [-0.25, -0.2) is 0 Å². The molecule has 0 saturated carbocycles. The van der Waals surface area contributed by atoms with Crippen LogP contribution in [-0.2, 0) is 53.9 Å². The van der Waals surface area contributed by atoms with Crippen LogP contribution in [0.5, 0.6) is 0 Å². The predicted octanol–water partition coefficient (Wildman–Crippen LogP) is -21.0. The van der Waals surface area contributed by atoms with Gasteiger partial charge in [-0.1, -0.05) is 0 Å². The summed E-state index contributed by atoms with van der Waals surface area (Å²) in [5, 5.41) is 0. The van der Waals surface area contributed by atoms with Crippen LogP contribution < -0.4 is 86.8 Å². The van der Waals surface area contributed by atoms with Crippen LogP contribution in [0.3, 0.4) is 0 Å². The van der Waals surface area contributed by atoms with Crippen LogP contribution in [0.25, 0.3) is 0 Å². The average molecular weight is 429 g/mol. The van der Waals surface area contributed by atoms with Crippen molar-refractivity contribution < 1.29 is 141 Å². The second-order valence-corrected chi connectivity index (χ2v) is 0. The zero-order chi connectivity index (χ0) is 0. The maximum Gasteiger partial charge on any atom is 3.00 e. The van der Waals surface area contributed by atoms with E-state index in [1.54, 1.807) is 0 Å². The SMILES string of the molecule is [Cl-].[Cl-].[Cl-].[Cl-].[Cl-].[Cl-].[Cl-].[Cr+3].[Cu+2].[Zn+2]. The maximum atomic E-state index is 0. The van der Waals surface area contributed by atoms with Crippen LogP contribution >= 0.6 is 0 Å². The first-order chi connectivity index (χ1) is 0. The fourth-order valence-electron chi connectivity index (χ4n) is 0. The van der Waals surface area contributed by atoms with Gasteiger partial charge in [0.2, 0.25) is 0 Å². The fourth-order valence-corrected chi connectivity index (χ4v) is 0. The minimum atomic E-state index is 0. The van der Waals surface area contributed by atoms with Gasteiger partial charge in [-0.15, -0.1) is 0 Å². The maximum absolute atomic E-state index is 0. The van der Waals surface area contributed by atoms with Crippen molar-refractivity contribution in [3.05, 3.63) is 0 Å². The van der Waals surface area contributed by atoms with Gasteiger partial charge in [-0.05, 0) is 0 Å². The Kier molecular flexibility index (Phi) is 2040. The molecule has 0 saturated heterocycles. The summed E-state index contributed by atoms with van der Waals surface area (Å²) in [5.41, 5.74) is 0. The van der Waals surface area contributed by atoms with Gasteiger partial charge in [0.05, 0.1) is 0 Å². The molecule has 68 valence electrons. The summed E-state index contributed by atoms with van der Waals surface area (Å²) in [5.74, 6) is 0. The molecule has 0 bridgehead atoms. The molecule has 0 heterocycles. The molecule has 0 rings (SSSR count). The van der Waals surface area contributed by atoms with Crippen LogP contribution in [0.1, 0.15) is 0 Å². The van der Waals surface area contributed by atoms with E-state index in [0.717, 1.165) is 0 Å². The largest absolute Gasteiger partial charge is 3.00 e. The van der Waals surface area contributed by atoms with Gasteiger partial charge in [0.15, 0.2) is 0 Å². The zero-order valence-corrected chi connectivity index (χ0v) is 14.5. The van der Waals surface area contributed by atoms with Crippen LogP contribution in [-0.4, -0.2) is 0 Å². The monoisotopic (exact) mass is 424 g/mol. The molecule has 0 unspecified atom stereocenters. The first-order valence-electron chi connectivity index (χ1n) is 0. The summed E-state index contributed by atoms with van der Waals surface area (Å²) in [6.07, 6.45) is 0. The van der Waals surface area contributed by atoms with Crippen LogP contribution in [0.15, 0.2) is 0 Å². The van der Waals surface area contributed by atoms with Crippen molar-refractivity contribution in [2.45, 2.75) is 0 Å². The third-order valence-corrected chi connectivity index (χ3v) is 0. The second-order valence-electron chi connectivity index (χ2n) is 0. The molecular weight excluding hydrogens is 429 g/mol. The molecule has 0 aliphatic heterocycles. The summed E-state index contributed by atoms with van der Waals surface area (Å²) < 4.78 is 0. The summed E-state index contributed by atoms with van der Waals surface area (Å²) >= 11 is 0. The van der Waals surface area contributed by atoms with E-state index in [9.17, 15) is 0 Å². The molecule has 0 aliphatic rings. The molecule has 0 atom stereocenters. The molecule has 0 fully saturated rings. The van der Waals surface area contributed by atoms with E-state index in [0.29, 0.717) is 0 Å². The van der Waals surface area contributed by atoms with E-state index in [2.05, 4.69) is 0 Å². The Balaban J connectivity index is 0. The van der Waals surface area contributed by atoms with Crippen molar-refractivity contribution in [1.29, 1.82) is 0 Å². The van der Waals surface area contributed by atoms with E-state index in [-0.39, 0.29) is 141 Å². The molecule has 2 radical (unpaired) electrons. The molecule has 0 aromatic heterocycles. The molecule has 0 nitrogen and oxygen atoms in total. The van der Waals surface area contributed by atoms with Gasteiger partial charge in [0, 0.05) is 0 Å². The van der Waals surface area contributed by atoms with Crippen molar-refractivity contribution in [3.8, 4) is 0 Å². The predicted molar refractivity (Wildman–Crippen MR) is 0 cm³/mol. The minimum Gasteiger partial charge on any atom is -1.00 e. The van der Waals surface area contributed by atoms with Crippen molar-refractivity contribution in [2.24, 2.45) is 0 Å². The van der Waals surface area contributed by atoms with Gasteiger partial charge in [0.1, 0.15) is 0 Å². The third kappa shape index (κ3) is 97.7. The van der Waals surface area contributed by atoms with Gasteiger partial charge >= 0.3 is 53.9 Å². The number of hydrogen-bond donors (Lipinski definition) is 0. The molecule has 0 spiro atoms. The van der Waals surface area contributed by atoms with E-state index in [1.807, 2.05) is 0 Å². The van der Waals surface area contributed by atoms with Crippen LogP contribution in [0.2, 0.25) is 0 Å². The topological polar surface area (TPSA) is 0 Å². The molecule has 10 heavy (non-hydrogen) atoms. The second kappa shape index (κ2) is 127. The first kappa shape index (κ1) is 161. The smallest absolute Gasteiger partial charge is 1.00 e. The van der Waals surface area contributed by atoms with Gasteiger partial charge in [0.25, 0.3) is 0 Å². The summed E-state index contributed by atoms with van der Waals surface area (Å²) in [7, 11) is 0. The van der Waals surface area contributed by atoms with Crippen LogP contribution in [0, 0.1) is 0 Å². The molecule has 0 aromatic carbocycles. The Bertz CT molecular complexity index is 13.6. The van der Waals surface area contributed by atoms with Crippen molar-refractivity contribution in [3.63, 3.8) is 0 Å². The van der Waals surface area contributed by atoms with Crippen molar-refractivity contribution >= 4 is 0 Å². The zero-order valence-electron chi connectivity index (χ0n) is 4.06. The molecule has 0 N–H and O–H groups in total. The summed E-state index contributed by atoms with van der Waals surface area (Å²) in [6.45, 7) is 0. The Hall–Kier alpha value is 3.71.